The van der Waals surface area contributed by atoms with Crippen LogP contribution in [-0.2, 0) is 16.4 Å². The maximum absolute atomic E-state index is 12.4. The molecule has 0 spiro atoms. The summed E-state index contributed by atoms with van der Waals surface area (Å²) in [5.41, 5.74) is 2.20. The van der Waals surface area contributed by atoms with E-state index in [1.54, 1.807) is 30.5 Å². The van der Waals surface area contributed by atoms with E-state index in [4.69, 9.17) is 11.6 Å². The van der Waals surface area contributed by atoms with Gasteiger partial charge in [-0.3, -0.25) is 4.72 Å². The highest BCUT2D eigenvalue weighted by Gasteiger charge is 2.19. The quantitative estimate of drug-likeness (QED) is 0.924. The number of rotatable bonds is 4. The number of halogens is 1. The van der Waals surface area contributed by atoms with E-state index >= 15 is 0 Å². The Hall–Kier alpha value is -1.04. The first kappa shape index (κ1) is 14.4. The lowest BCUT2D eigenvalue weighted by Gasteiger charge is -2.11. The molecular weight excluding hydrogens is 302 g/mol. The van der Waals surface area contributed by atoms with Crippen LogP contribution in [0.3, 0.4) is 0 Å². The van der Waals surface area contributed by atoms with Crippen molar-refractivity contribution in [2.45, 2.75) is 25.2 Å². The molecule has 102 valence electrons. The van der Waals surface area contributed by atoms with Crippen molar-refractivity contribution in [2.75, 3.05) is 4.72 Å². The molecule has 0 atom stereocenters. The minimum absolute atomic E-state index is 0.216. The van der Waals surface area contributed by atoms with Crippen LogP contribution in [0.5, 0.6) is 0 Å². The van der Waals surface area contributed by atoms with Crippen LogP contribution in [0.15, 0.2) is 33.9 Å². The number of sulfonamides is 1. The molecule has 1 heterocycles. The van der Waals surface area contributed by atoms with E-state index in [1.807, 2.05) is 12.3 Å². The Balaban J connectivity index is 2.41. The second-order valence-corrected chi connectivity index (χ2v) is 6.93. The van der Waals surface area contributed by atoms with Crippen molar-refractivity contribution in [3.05, 3.63) is 45.1 Å². The highest BCUT2D eigenvalue weighted by molar-refractivity contribution is 7.92. The van der Waals surface area contributed by atoms with Crippen LogP contribution in [0.1, 0.15) is 18.1 Å². The first-order chi connectivity index (χ1) is 8.95. The minimum atomic E-state index is -3.60. The van der Waals surface area contributed by atoms with Crippen molar-refractivity contribution in [1.29, 1.82) is 0 Å². The van der Waals surface area contributed by atoms with Gasteiger partial charge in [0, 0.05) is 10.4 Å². The Morgan fingerprint density at radius 2 is 2.05 bits per heavy atom. The lowest BCUT2D eigenvalue weighted by atomic mass is 10.2. The van der Waals surface area contributed by atoms with Crippen LogP contribution in [0.25, 0.3) is 0 Å². The first-order valence-corrected chi connectivity index (χ1v) is 8.59. The third-order valence-corrected chi connectivity index (χ3v) is 5.59. The van der Waals surface area contributed by atoms with Crippen LogP contribution in [0.2, 0.25) is 5.02 Å². The molecule has 0 aliphatic heterocycles. The van der Waals surface area contributed by atoms with E-state index < -0.39 is 10.0 Å². The summed E-state index contributed by atoms with van der Waals surface area (Å²) in [6.45, 7) is 3.69. The molecule has 0 aliphatic rings. The van der Waals surface area contributed by atoms with Crippen molar-refractivity contribution >= 4 is 38.6 Å². The lowest BCUT2D eigenvalue weighted by Crippen LogP contribution is -2.14. The van der Waals surface area contributed by atoms with Gasteiger partial charge in [0.15, 0.2) is 0 Å². The van der Waals surface area contributed by atoms with Crippen molar-refractivity contribution < 1.29 is 8.42 Å². The number of anilines is 1. The highest BCUT2D eigenvalue weighted by Crippen LogP contribution is 2.27. The average molecular weight is 316 g/mol. The van der Waals surface area contributed by atoms with Gasteiger partial charge in [0.25, 0.3) is 10.0 Å². The topological polar surface area (TPSA) is 46.2 Å². The lowest BCUT2D eigenvalue weighted by molar-refractivity contribution is 0.600. The molecule has 0 saturated carbocycles. The van der Waals surface area contributed by atoms with Crippen molar-refractivity contribution in [3.63, 3.8) is 0 Å². The van der Waals surface area contributed by atoms with Crippen LogP contribution >= 0.6 is 22.9 Å². The fourth-order valence-electron chi connectivity index (χ4n) is 1.77. The minimum Gasteiger partial charge on any atom is -0.278 e. The summed E-state index contributed by atoms with van der Waals surface area (Å²) in [5, 5.41) is 4.20. The van der Waals surface area contributed by atoms with Crippen LogP contribution in [0.4, 0.5) is 5.69 Å². The molecule has 2 rings (SSSR count). The maximum atomic E-state index is 12.4. The number of nitrogens with one attached hydrogen (secondary N) is 1. The highest BCUT2D eigenvalue weighted by atomic mass is 35.5. The van der Waals surface area contributed by atoms with Gasteiger partial charge in [-0.25, -0.2) is 8.42 Å². The maximum Gasteiger partial charge on any atom is 0.262 e. The van der Waals surface area contributed by atoms with Gasteiger partial charge in [-0.1, -0.05) is 24.6 Å². The number of aryl methyl sites for hydroxylation is 1. The molecule has 0 saturated heterocycles. The van der Waals surface area contributed by atoms with Gasteiger partial charge in [0.1, 0.15) is 0 Å². The SMILES string of the molecule is CCc1cscc1NS(=O)(=O)c1cccc(Cl)c1C. The Kier molecular flexibility index (Phi) is 4.18. The fraction of sp³-hybridized carbons (Fsp3) is 0.231. The molecular formula is C13H14ClNO2S2. The summed E-state index contributed by atoms with van der Waals surface area (Å²) in [5.74, 6) is 0. The number of hydrogen-bond acceptors (Lipinski definition) is 3. The van der Waals surface area contributed by atoms with Crippen molar-refractivity contribution in [3.8, 4) is 0 Å². The molecule has 2 aromatic rings. The molecule has 1 aromatic carbocycles. The van der Waals surface area contributed by atoms with Gasteiger partial charge in [-0.05, 0) is 42.0 Å². The molecule has 0 fully saturated rings. The van der Waals surface area contributed by atoms with Gasteiger partial charge in [0.2, 0.25) is 0 Å². The second kappa shape index (κ2) is 5.53. The zero-order valence-electron chi connectivity index (χ0n) is 10.6. The van der Waals surface area contributed by atoms with Gasteiger partial charge in [0.05, 0.1) is 10.6 Å². The number of hydrogen-bond donors (Lipinski definition) is 1. The van der Waals surface area contributed by atoms with Crippen LogP contribution < -0.4 is 4.72 Å². The van der Waals surface area contributed by atoms with Crippen LogP contribution in [-0.4, -0.2) is 8.42 Å². The Bertz CT molecular complexity index is 692. The number of thiophene rings is 1. The van der Waals surface area contributed by atoms with Crippen LogP contribution in [0, 0.1) is 6.92 Å². The molecule has 0 unspecified atom stereocenters. The first-order valence-electron chi connectivity index (χ1n) is 5.78. The van der Waals surface area contributed by atoms with Crippen molar-refractivity contribution in [1.82, 2.24) is 0 Å². The largest absolute Gasteiger partial charge is 0.278 e. The van der Waals surface area contributed by atoms with Gasteiger partial charge < -0.3 is 0 Å². The molecule has 6 heteroatoms. The smallest absolute Gasteiger partial charge is 0.262 e. The normalized spacial score (nSPS) is 11.5. The predicted molar refractivity (Wildman–Crippen MR) is 80.7 cm³/mol. The Morgan fingerprint density at radius 3 is 2.74 bits per heavy atom. The summed E-state index contributed by atoms with van der Waals surface area (Å²) in [7, 11) is -3.60. The van der Waals surface area contributed by atoms with E-state index in [2.05, 4.69) is 4.72 Å². The molecule has 1 N–H and O–H groups in total. The summed E-state index contributed by atoms with van der Waals surface area (Å²) < 4.78 is 27.4. The van der Waals surface area contributed by atoms with E-state index in [1.165, 1.54) is 11.3 Å². The third-order valence-electron chi connectivity index (χ3n) is 2.87. The molecule has 0 aliphatic carbocycles. The van der Waals surface area contributed by atoms with Crippen molar-refractivity contribution in [2.24, 2.45) is 0 Å². The van der Waals surface area contributed by atoms with Gasteiger partial charge in [-0.15, -0.1) is 11.3 Å². The third kappa shape index (κ3) is 2.94. The molecule has 0 bridgehead atoms. The Labute approximate surface area is 122 Å². The van der Waals surface area contributed by atoms with E-state index in [0.29, 0.717) is 16.3 Å². The fourth-order valence-corrected chi connectivity index (χ4v) is 4.30. The molecule has 3 nitrogen and oxygen atoms in total. The predicted octanol–water partition coefficient (Wildman–Crippen LogP) is 4.07. The van der Waals surface area contributed by atoms with E-state index in [9.17, 15) is 8.42 Å². The molecule has 0 amide bonds. The second-order valence-electron chi connectivity index (χ2n) is 4.13. The zero-order chi connectivity index (χ0) is 14.0. The molecule has 19 heavy (non-hydrogen) atoms. The molecule has 1 aromatic heterocycles. The van der Waals surface area contributed by atoms with E-state index in [-0.39, 0.29) is 4.90 Å². The molecule has 0 radical (unpaired) electrons. The Morgan fingerprint density at radius 1 is 1.32 bits per heavy atom. The summed E-state index contributed by atoms with van der Waals surface area (Å²) >= 11 is 7.45. The monoisotopic (exact) mass is 315 g/mol. The average Bonchev–Trinajstić information content (AvgIpc) is 2.78. The van der Waals surface area contributed by atoms with Gasteiger partial charge in [-0.2, -0.15) is 0 Å². The van der Waals surface area contributed by atoms with Gasteiger partial charge >= 0.3 is 0 Å². The summed E-state index contributed by atoms with van der Waals surface area (Å²) in [6.07, 6.45) is 0.788. The van der Waals surface area contributed by atoms with E-state index in [0.717, 1.165) is 12.0 Å². The standard InChI is InChI=1S/C13H14ClNO2S2/c1-3-10-7-18-8-12(10)15-19(16,17)13-6-4-5-11(14)9(13)2/h4-8,15H,3H2,1-2H3. The summed E-state index contributed by atoms with van der Waals surface area (Å²) in [4.78, 5) is 0.216. The summed E-state index contributed by atoms with van der Waals surface area (Å²) in [6, 6.07) is 4.87. The zero-order valence-corrected chi connectivity index (χ0v) is 13.0. The number of benzene rings is 1.